The van der Waals surface area contributed by atoms with Crippen LogP contribution in [0, 0.1) is 6.92 Å². The van der Waals surface area contributed by atoms with Gasteiger partial charge in [0.15, 0.2) is 6.61 Å². The first kappa shape index (κ1) is 15.1. The molecule has 0 radical (unpaired) electrons. The summed E-state index contributed by atoms with van der Waals surface area (Å²) in [5.41, 5.74) is 4.46. The van der Waals surface area contributed by atoms with Crippen molar-refractivity contribution in [1.29, 1.82) is 0 Å². The maximum atomic E-state index is 11.6. The molecule has 0 unspecified atom stereocenters. The number of hydrogen-bond donors (Lipinski definition) is 1. The largest absolute Gasteiger partial charge is 0.484 e. The second kappa shape index (κ2) is 7.45. The highest BCUT2D eigenvalue weighted by atomic mass is 35.5. The number of benzene rings is 2. The average Bonchev–Trinajstić information content (AvgIpc) is 2.47. The smallest absolute Gasteiger partial charge is 0.277 e. The van der Waals surface area contributed by atoms with Crippen molar-refractivity contribution in [2.24, 2.45) is 5.10 Å². The Morgan fingerprint density at radius 2 is 2.10 bits per heavy atom. The highest BCUT2D eigenvalue weighted by molar-refractivity contribution is 6.30. The van der Waals surface area contributed by atoms with E-state index < -0.39 is 0 Å². The predicted molar refractivity (Wildman–Crippen MR) is 83.9 cm³/mol. The molecule has 2 aromatic rings. The molecule has 0 saturated heterocycles. The van der Waals surface area contributed by atoms with Crippen LogP contribution in [0.25, 0.3) is 0 Å². The summed E-state index contributed by atoms with van der Waals surface area (Å²) in [5.74, 6) is 0.209. The topological polar surface area (TPSA) is 50.7 Å². The zero-order chi connectivity index (χ0) is 15.1. The fourth-order valence-electron chi connectivity index (χ4n) is 1.64. The normalized spacial score (nSPS) is 10.6. The lowest BCUT2D eigenvalue weighted by atomic mass is 10.1. The van der Waals surface area contributed by atoms with E-state index in [9.17, 15) is 4.79 Å². The third kappa shape index (κ3) is 4.93. The minimum Gasteiger partial charge on any atom is -0.484 e. The highest BCUT2D eigenvalue weighted by Gasteiger charge is 2.01. The fraction of sp³-hybridized carbons (Fsp3) is 0.125. The molecule has 108 valence electrons. The van der Waals surface area contributed by atoms with Crippen LogP contribution in [0.1, 0.15) is 11.1 Å². The van der Waals surface area contributed by atoms with Gasteiger partial charge in [0.2, 0.25) is 0 Å². The Morgan fingerprint density at radius 3 is 2.86 bits per heavy atom. The molecule has 0 aliphatic heterocycles. The molecule has 0 aliphatic carbocycles. The average molecular weight is 303 g/mol. The maximum absolute atomic E-state index is 11.6. The fourth-order valence-corrected chi connectivity index (χ4v) is 1.82. The van der Waals surface area contributed by atoms with Crippen LogP contribution in [-0.2, 0) is 4.79 Å². The van der Waals surface area contributed by atoms with Gasteiger partial charge in [0.1, 0.15) is 5.75 Å². The number of carbonyl (C=O) groups excluding carboxylic acids is 1. The van der Waals surface area contributed by atoms with Crippen LogP contribution in [0.4, 0.5) is 0 Å². The highest BCUT2D eigenvalue weighted by Crippen LogP contribution is 2.16. The predicted octanol–water partition coefficient (Wildman–Crippen LogP) is 3.18. The first-order chi connectivity index (χ1) is 10.1. The summed E-state index contributed by atoms with van der Waals surface area (Å²) in [4.78, 5) is 11.6. The summed E-state index contributed by atoms with van der Waals surface area (Å²) in [5, 5.41) is 4.46. The van der Waals surface area contributed by atoms with E-state index in [0.29, 0.717) is 10.8 Å². The standard InChI is InChI=1S/C16H15ClN2O2/c1-12-5-2-3-6-13(12)10-18-19-16(20)11-21-15-8-4-7-14(17)9-15/h2-10H,11H2,1H3,(H,19,20)/b18-10-. The van der Waals surface area contributed by atoms with Crippen molar-refractivity contribution in [2.45, 2.75) is 6.92 Å². The van der Waals surface area contributed by atoms with Gasteiger partial charge in [0.25, 0.3) is 5.91 Å². The second-order valence-electron chi connectivity index (χ2n) is 4.40. The number of rotatable bonds is 5. The molecule has 0 aromatic heterocycles. The lowest BCUT2D eigenvalue weighted by Crippen LogP contribution is -2.24. The van der Waals surface area contributed by atoms with Gasteiger partial charge in [-0.2, -0.15) is 5.10 Å². The van der Waals surface area contributed by atoms with Crippen molar-refractivity contribution in [3.63, 3.8) is 0 Å². The third-order valence-corrected chi connectivity index (χ3v) is 2.98. The van der Waals surface area contributed by atoms with Gasteiger partial charge in [0, 0.05) is 5.02 Å². The van der Waals surface area contributed by atoms with Crippen LogP contribution in [0.15, 0.2) is 53.6 Å². The van der Waals surface area contributed by atoms with Crippen molar-refractivity contribution in [2.75, 3.05) is 6.61 Å². The summed E-state index contributed by atoms with van der Waals surface area (Å²) < 4.78 is 5.30. The van der Waals surface area contributed by atoms with Gasteiger partial charge >= 0.3 is 0 Å². The zero-order valence-electron chi connectivity index (χ0n) is 11.5. The lowest BCUT2D eigenvalue weighted by Gasteiger charge is -2.05. The summed E-state index contributed by atoms with van der Waals surface area (Å²) in [6, 6.07) is 14.6. The molecule has 2 rings (SSSR count). The first-order valence-electron chi connectivity index (χ1n) is 6.41. The Kier molecular flexibility index (Phi) is 5.35. The molecular weight excluding hydrogens is 288 g/mol. The first-order valence-corrected chi connectivity index (χ1v) is 6.79. The van der Waals surface area contributed by atoms with Gasteiger partial charge in [-0.3, -0.25) is 4.79 Å². The number of ether oxygens (including phenoxy) is 1. The van der Waals surface area contributed by atoms with E-state index >= 15 is 0 Å². The van der Waals surface area contributed by atoms with Crippen LogP contribution in [0.5, 0.6) is 5.75 Å². The van der Waals surface area contributed by atoms with Crippen molar-refractivity contribution in [3.05, 3.63) is 64.7 Å². The monoisotopic (exact) mass is 302 g/mol. The molecule has 2 aromatic carbocycles. The summed E-state index contributed by atoms with van der Waals surface area (Å²) in [7, 11) is 0. The minimum atomic E-state index is -0.334. The van der Waals surface area contributed by atoms with E-state index in [1.807, 2.05) is 31.2 Å². The van der Waals surface area contributed by atoms with Crippen molar-refractivity contribution < 1.29 is 9.53 Å². The van der Waals surface area contributed by atoms with Crippen molar-refractivity contribution in [1.82, 2.24) is 5.43 Å². The van der Waals surface area contributed by atoms with Crippen LogP contribution >= 0.6 is 11.6 Å². The van der Waals surface area contributed by atoms with Crippen molar-refractivity contribution >= 4 is 23.7 Å². The Labute approximate surface area is 128 Å². The third-order valence-electron chi connectivity index (χ3n) is 2.75. The Hall–Kier alpha value is -2.33. The molecule has 0 bridgehead atoms. The van der Waals surface area contributed by atoms with Gasteiger partial charge in [-0.1, -0.05) is 41.9 Å². The van der Waals surface area contributed by atoms with Crippen LogP contribution in [0.3, 0.4) is 0 Å². The molecule has 0 spiro atoms. The number of hydrazone groups is 1. The zero-order valence-corrected chi connectivity index (χ0v) is 12.3. The van der Waals surface area contributed by atoms with Crippen LogP contribution < -0.4 is 10.2 Å². The number of hydrogen-bond acceptors (Lipinski definition) is 3. The van der Waals surface area contributed by atoms with E-state index in [-0.39, 0.29) is 12.5 Å². The number of nitrogens with zero attached hydrogens (tertiary/aromatic N) is 1. The van der Waals surface area contributed by atoms with Crippen LogP contribution in [0.2, 0.25) is 5.02 Å². The van der Waals surface area contributed by atoms with E-state index in [1.165, 1.54) is 0 Å². The maximum Gasteiger partial charge on any atom is 0.277 e. The Bertz CT molecular complexity index is 656. The molecule has 5 heteroatoms. The number of amides is 1. The Morgan fingerprint density at radius 1 is 1.29 bits per heavy atom. The number of halogens is 1. The van der Waals surface area contributed by atoms with Crippen LogP contribution in [-0.4, -0.2) is 18.7 Å². The SMILES string of the molecule is Cc1ccccc1/C=N\NC(=O)COc1cccc(Cl)c1. The summed E-state index contributed by atoms with van der Waals surface area (Å²) in [6.07, 6.45) is 1.60. The van der Waals surface area contributed by atoms with Gasteiger partial charge in [-0.05, 0) is 36.2 Å². The van der Waals surface area contributed by atoms with E-state index in [4.69, 9.17) is 16.3 Å². The van der Waals surface area contributed by atoms with Gasteiger partial charge in [0.05, 0.1) is 6.21 Å². The molecule has 0 atom stereocenters. The molecule has 0 heterocycles. The molecule has 0 fully saturated rings. The molecule has 1 N–H and O–H groups in total. The molecule has 0 saturated carbocycles. The van der Waals surface area contributed by atoms with E-state index in [1.54, 1.807) is 30.5 Å². The summed E-state index contributed by atoms with van der Waals surface area (Å²) >= 11 is 5.82. The number of carbonyl (C=O) groups is 1. The molecule has 1 amide bonds. The second-order valence-corrected chi connectivity index (χ2v) is 4.83. The lowest BCUT2D eigenvalue weighted by molar-refractivity contribution is -0.123. The van der Waals surface area contributed by atoms with Gasteiger partial charge in [-0.15, -0.1) is 0 Å². The number of aryl methyl sites for hydroxylation is 1. The van der Waals surface area contributed by atoms with Gasteiger partial charge < -0.3 is 4.74 Å². The molecule has 0 aliphatic rings. The molecular formula is C16H15ClN2O2. The van der Waals surface area contributed by atoms with Gasteiger partial charge in [-0.25, -0.2) is 5.43 Å². The quantitative estimate of drug-likeness (QED) is 0.681. The van der Waals surface area contributed by atoms with E-state index in [0.717, 1.165) is 11.1 Å². The Balaban J connectivity index is 1.81. The summed E-state index contributed by atoms with van der Waals surface area (Å²) in [6.45, 7) is 1.86. The van der Waals surface area contributed by atoms with E-state index in [2.05, 4.69) is 10.5 Å². The van der Waals surface area contributed by atoms with Crippen molar-refractivity contribution in [3.8, 4) is 5.75 Å². The minimum absolute atomic E-state index is 0.120. The molecule has 21 heavy (non-hydrogen) atoms. The number of nitrogens with one attached hydrogen (secondary N) is 1. The molecule has 4 nitrogen and oxygen atoms in total.